The number of likely N-dealkylation sites (tertiary alicyclic amines) is 1. The van der Waals surface area contributed by atoms with Crippen molar-refractivity contribution in [3.05, 3.63) is 35.9 Å². The van der Waals surface area contributed by atoms with E-state index in [1.165, 1.54) is 4.90 Å². The summed E-state index contributed by atoms with van der Waals surface area (Å²) >= 11 is 0. The van der Waals surface area contributed by atoms with E-state index < -0.39 is 24.1 Å². The van der Waals surface area contributed by atoms with Crippen molar-refractivity contribution < 1.29 is 19.1 Å². The van der Waals surface area contributed by atoms with Crippen LogP contribution in [0.1, 0.15) is 57.4 Å². The summed E-state index contributed by atoms with van der Waals surface area (Å²) in [6, 6.07) is 8.06. The van der Waals surface area contributed by atoms with Crippen molar-refractivity contribution in [2.45, 2.75) is 70.6 Å². The summed E-state index contributed by atoms with van der Waals surface area (Å²) in [5.41, 5.74) is 6.33. The molecule has 0 bridgehead atoms. The van der Waals surface area contributed by atoms with Crippen molar-refractivity contribution in [1.82, 2.24) is 10.2 Å². The Morgan fingerprint density at radius 2 is 1.96 bits per heavy atom. The predicted molar refractivity (Wildman–Crippen MR) is 106 cm³/mol. The SMILES string of the molecule is CCCCCC[C@@H](NC(=O)[C@H]1CCCN1C(=O)OCc1ccccc1)C(N)=O. The number of primary amides is 1. The summed E-state index contributed by atoms with van der Waals surface area (Å²) in [5, 5.41) is 2.73. The second-order valence-electron chi connectivity index (χ2n) is 7.20. The zero-order chi connectivity index (χ0) is 20.4. The quantitative estimate of drug-likeness (QED) is 0.601. The fraction of sp³-hybridized carbons (Fsp3) is 0.571. The van der Waals surface area contributed by atoms with Crippen molar-refractivity contribution in [1.29, 1.82) is 0 Å². The second-order valence-corrected chi connectivity index (χ2v) is 7.20. The Morgan fingerprint density at radius 3 is 2.64 bits per heavy atom. The molecule has 0 radical (unpaired) electrons. The predicted octanol–water partition coefficient (Wildman–Crippen LogP) is 2.73. The molecular formula is C21H31N3O4. The fourth-order valence-electron chi connectivity index (χ4n) is 3.39. The highest BCUT2D eigenvalue weighted by molar-refractivity contribution is 5.91. The van der Waals surface area contributed by atoms with Gasteiger partial charge >= 0.3 is 6.09 Å². The van der Waals surface area contributed by atoms with E-state index in [2.05, 4.69) is 12.2 Å². The third kappa shape index (κ3) is 6.55. The molecule has 1 aliphatic heterocycles. The van der Waals surface area contributed by atoms with Gasteiger partial charge < -0.3 is 15.8 Å². The number of benzene rings is 1. The highest BCUT2D eigenvalue weighted by atomic mass is 16.6. The number of unbranched alkanes of at least 4 members (excludes halogenated alkanes) is 3. The van der Waals surface area contributed by atoms with Gasteiger partial charge in [-0.25, -0.2) is 4.79 Å². The Labute approximate surface area is 166 Å². The lowest BCUT2D eigenvalue weighted by molar-refractivity contribution is -0.130. The smallest absolute Gasteiger partial charge is 0.410 e. The number of rotatable bonds is 10. The molecule has 0 spiro atoms. The van der Waals surface area contributed by atoms with Gasteiger partial charge in [-0.3, -0.25) is 14.5 Å². The molecule has 0 saturated carbocycles. The fourth-order valence-corrected chi connectivity index (χ4v) is 3.39. The van der Waals surface area contributed by atoms with Crippen LogP contribution in [0.5, 0.6) is 0 Å². The summed E-state index contributed by atoms with van der Waals surface area (Å²) in [6.45, 7) is 2.73. The first kappa shape index (κ1) is 21.7. The maximum Gasteiger partial charge on any atom is 0.410 e. The van der Waals surface area contributed by atoms with Gasteiger partial charge in [0.05, 0.1) is 0 Å². The van der Waals surface area contributed by atoms with E-state index in [-0.39, 0.29) is 12.5 Å². The number of nitrogens with zero attached hydrogens (tertiary/aromatic N) is 1. The minimum Gasteiger partial charge on any atom is -0.445 e. The molecule has 2 atom stereocenters. The zero-order valence-corrected chi connectivity index (χ0v) is 16.6. The first-order valence-electron chi connectivity index (χ1n) is 10.1. The van der Waals surface area contributed by atoms with E-state index in [0.717, 1.165) is 37.7 Å². The number of hydrogen-bond donors (Lipinski definition) is 2. The highest BCUT2D eigenvalue weighted by Gasteiger charge is 2.36. The van der Waals surface area contributed by atoms with Crippen molar-refractivity contribution in [3.63, 3.8) is 0 Å². The molecule has 7 nitrogen and oxygen atoms in total. The number of nitrogens with one attached hydrogen (secondary N) is 1. The number of carbonyl (C=O) groups excluding carboxylic acids is 3. The lowest BCUT2D eigenvalue weighted by Gasteiger charge is -2.25. The van der Waals surface area contributed by atoms with Crippen LogP contribution in [0.4, 0.5) is 4.79 Å². The molecule has 154 valence electrons. The number of hydrogen-bond acceptors (Lipinski definition) is 4. The first-order chi connectivity index (χ1) is 13.5. The molecule has 3 amide bonds. The van der Waals surface area contributed by atoms with Gasteiger partial charge in [-0.1, -0.05) is 62.9 Å². The Bertz CT molecular complexity index is 650. The molecule has 0 aromatic heterocycles. The molecule has 1 fully saturated rings. The monoisotopic (exact) mass is 389 g/mol. The summed E-state index contributed by atoms with van der Waals surface area (Å²) < 4.78 is 5.35. The van der Waals surface area contributed by atoms with Crippen LogP contribution < -0.4 is 11.1 Å². The molecule has 1 aromatic rings. The lowest BCUT2D eigenvalue weighted by Crippen LogP contribution is -2.52. The summed E-state index contributed by atoms with van der Waals surface area (Å²) in [6.07, 6.45) is 5.28. The molecule has 1 aliphatic rings. The van der Waals surface area contributed by atoms with Crippen molar-refractivity contribution in [3.8, 4) is 0 Å². The minimum atomic E-state index is -0.702. The van der Waals surface area contributed by atoms with E-state index in [4.69, 9.17) is 10.5 Å². The third-order valence-electron chi connectivity index (χ3n) is 5.00. The van der Waals surface area contributed by atoms with Crippen LogP contribution in [0.15, 0.2) is 30.3 Å². The van der Waals surface area contributed by atoms with Crippen LogP contribution >= 0.6 is 0 Å². The summed E-state index contributed by atoms with van der Waals surface area (Å²) in [4.78, 5) is 38.2. The molecular weight excluding hydrogens is 358 g/mol. The van der Waals surface area contributed by atoms with E-state index in [9.17, 15) is 14.4 Å². The molecule has 7 heteroatoms. The Hall–Kier alpha value is -2.57. The Kier molecular flexibility index (Phi) is 8.78. The van der Waals surface area contributed by atoms with Gasteiger partial charge in [-0.2, -0.15) is 0 Å². The molecule has 1 heterocycles. The van der Waals surface area contributed by atoms with Gasteiger partial charge in [-0.05, 0) is 24.8 Å². The van der Waals surface area contributed by atoms with Gasteiger partial charge in [0.25, 0.3) is 0 Å². The van der Waals surface area contributed by atoms with Crippen LogP contribution in [0, 0.1) is 0 Å². The molecule has 1 saturated heterocycles. The third-order valence-corrected chi connectivity index (χ3v) is 5.00. The number of ether oxygens (including phenoxy) is 1. The maximum atomic E-state index is 12.7. The average Bonchev–Trinajstić information content (AvgIpc) is 3.19. The number of amides is 3. The van der Waals surface area contributed by atoms with Crippen LogP contribution in [0.25, 0.3) is 0 Å². The Balaban J connectivity index is 1.87. The van der Waals surface area contributed by atoms with Crippen LogP contribution in [0.2, 0.25) is 0 Å². The topological polar surface area (TPSA) is 102 Å². The minimum absolute atomic E-state index is 0.159. The molecule has 2 rings (SSSR count). The Morgan fingerprint density at radius 1 is 1.21 bits per heavy atom. The van der Waals surface area contributed by atoms with Crippen molar-refractivity contribution >= 4 is 17.9 Å². The number of carbonyl (C=O) groups is 3. The van der Waals surface area contributed by atoms with Gasteiger partial charge in [-0.15, -0.1) is 0 Å². The highest BCUT2D eigenvalue weighted by Crippen LogP contribution is 2.19. The molecule has 3 N–H and O–H groups in total. The van der Waals surface area contributed by atoms with E-state index in [0.29, 0.717) is 19.4 Å². The van der Waals surface area contributed by atoms with Crippen molar-refractivity contribution in [2.24, 2.45) is 5.73 Å². The molecule has 0 unspecified atom stereocenters. The maximum absolute atomic E-state index is 12.7. The number of nitrogens with two attached hydrogens (primary N) is 1. The largest absolute Gasteiger partial charge is 0.445 e. The standard InChI is InChI=1S/C21H31N3O4/c1-2-3-4-8-12-17(19(22)25)23-20(26)18-13-9-14-24(18)21(27)28-15-16-10-6-5-7-11-16/h5-7,10-11,17-18H,2-4,8-9,12-15H2,1H3,(H2,22,25)(H,23,26)/t17-,18-/m1/s1. The van der Waals surface area contributed by atoms with Crippen LogP contribution in [-0.2, 0) is 20.9 Å². The van der Waals surface area contributed by atoms with E-state index >= 15 is 0 Å². The van der Waals surface area contributed by atoms with Gasteiger partial charge in [0.2, 0.25) is 11.8 Å². The van der Waals surface area contributed by atoms with Crippen molar-refractivity contribution in [2.75, 3.05) is 6.54 Å². The molecule has 1 aromatic carbocycles. The van der Waals surface area contributed by atoms with Gasteiger partial charge in [0.15, 0.2) is 0 Å². The summed E-state index contributed by atoms with van der Waals surface area (Å²) in [7, 11) is 0. The molecule has 28 heavy (non-hydrogen) atoms. The van der Waals surface area contributed by atoms with E-state index in [1.807, 2.05) is 30.3 Å². The van der Waals surface area contributed by atoms with Gasteiger partial charge in [0.1, 0.15) is 18.7 Å². The first-order valence-corrected chi connectivity index (χ1v) is 10.1. The van der Waals surface area contributed by atoms with Gasteiger partial charge in [0, 0.05) is 6.54 Å². The van der Waals surface area contributed by atoms with E-state index in [1.54, 1.807) is 0 Å². The van der Waals surface area contributed by atoms with Crippen LogP contribution in [0.3, 0.4) is 0 Å². The zero-order valence-electron chi connectivity index (χ0n) is 16.6. The van der Waals surface area contributed by atoms with Crippen LogP contribution in [-0.4, -0.2) is 41.4 Å². The summed E-state index contributed by atoms with van der Waals surface area (Å²) in [5.74, 6) is -0.880. The lowest BCUT2D eigenvalue weighted by atomic mass is 10.1. The average molecular weight is 389 g/mol. The molecule has 0 aliphatic carbocycles. The second kappa shape index (κ2) is 11.3. The normalized spacial score (nSPS) is 17.2.